The Balaban J connectivity index is 2.19. The highest BCUT2D eigenvalue weighted by atomic mass is 79.9. The van der Waals surface area contributed by atoms with E-state index in [1.807, 2.05) is 4.57 Å². The van der Waals surface area contributed by atoms with Gasteiger partial charge in [0.1, 0.15) is 5.82 Å². The van der Waals surface area contributed by atoms with Gasteiger partial charge in [-0.3, -0.25) is 0 Å². The molecule has 1 fully saturated rings. The first-order valence-electron chi connectivity index (χ1n) is 5.84. The van der Waals surface area contributed by atoms with Crippen LogP contribution in [-0.4, -0.2) is 34.6 Å². The molecule has 0 spiro atoms. The number of nitrogens with one attached hydrogen (secondary N) is 1. The Morgan fingerprint density at radius 2 is 2.28 bits per heavy atom. The first-order valence-corrected chi connectivity index (χ1v) is 7.04. The molecule has 1 saturated heterocycles. The fourth-order valence-corrected chi connectivity index (χ4v) is 3.31. The summed E-state index contributed by atoms with van der Waals surface area (Å²) >= 11 is 8.56. The normalized spacial score (nSPS) is 20.9. The van der Waals surface area contributed by atoms with Gasteiger partial charge in [-0.05, 0) is 54.2 Å². The molecule has 1 aliphatic heterocycles. The van der Waals surface area contributed by atoms with Crippen molar-refractivity contribution >= 4 is 39.2 Å². The number of likely N-dealkylation sites (N-methyl/N-ethyl adjacent to an activating group) is 1. The highest BCUT2D eigenvalue weighted by Crippen LogP contribution is 2.29. The molecule has 1 atom stereocenters. The van der Waals surface area contributed by atoms with E-state index in [2.05, 4.69) is 32.9 Å². The van der Waals surface area contributed by atoms with Crippen LogP contribution in [0.15, 0.2) is 16.6 Å². The number of aromatic amines is 1. The maximum atomic E-state index is 13.7. The topological polar surface area (TPSA) is 24.0 Å². The third-order valence-electron chi connectivity index (χ3n) is 3.49. The summed E-state index contributed by atoms with van der Waals surface area (Å²) in [6.45, 7) is 2.01. The number of imidazole rings is 1. The minimum Gasteiger partial charge on any atom is -0.331 e. The number of hydrogen-bond acceptors (Lipinski definition) is 2. The predicted octanol–water partition coefficient (Wildman–Crippen LogP) is 3.48. The summed E-state index contributed by atoms with van der Waals surface area (Å²) in [6, 6.07) is 3.62. The zero-order valence-electron chi connectivity index (χ0n) is 9.91. The van der Waals surface area contributed by atoms with Crippen LogP contribution in [-0.2, 0) is 0 Å². The number of nitrogens with zero attached hydrogens (tertiary/aromatic N) is 2. The molecule has 18 heavy (non-hydrogen) atoms. The second-order valence-corrected chi connectivity index (χ2v) is 6.03. The number of likely N-dealkylation sites (tertiary alicyclic amines) is 1. The van der Waals surface area contributed by atoms with Crippen molar-refractivity contribution in [1.82, 2.24) is 14.5 Å². The summed E-state index contributed by atoms with van der Waals surface area (Å²) in [5.74, 6) is -0.253. The van der Waals surface area contributed by atoms with E-state index in [0.29, 0.717) is 15.3 Å². The lowest BCUT2D eigenvalue weighted by molar-refractivity contribution is 0.394. The monoisotopic (exact) mass is 329 g/mol. The van der Waals surface area contributed by atoms with Gasteiger partial charge in [0.15, 0.2) is 4.77 Å². The molecule has 1 aromatic heterocycles. The Kier molecular flexibility index (Phi) is 3.03. The molecular formula is C12H13BrFN3S. The van der Waals surface area contributed by atoms with Gasteiger partial charge in [-0.2, -0.15) is 0 Å². The lowest BCUT2D eigenvalue weighted by atomic mass is 10.2. The van der Waals surface area contributed by atoms with Gasteiger partial charge in [-0.15, -0.1) is 0 Å². The van der Waals surface area contributed by atoms with Crippen LogP contribution in [0, 0.1) is 10.6 Å². The molecule has 1 N–H and O–H groups in total. The van der Waals surface area contributed by atoms with Crippen LogP contribution in [0.5, 0.6) is 0 Å². The summed E-state index contributed by atoms with van der Waals surface area (Å²) in [5, 5.41) is 0. The zero-order chi connectivity index (χ0) is 12.9. The van der Waals surface area contributed by atoms with E-state index >= 15 is 0 Å². The van der Waals surface area contributed by atoms with Crippen LogP contribution in [0.1, 0.15) is 12.5 Å². The molecule has 2 heterocycles. The zero-order valence-corrected chi connectivity index (χ0v) is 12.3. The third-order valence-corrected chi connectivity index (χ3v) is 4.40. The standard InChI is InChI=1S/C12H13BrFN3S/c1-16-3-2-7(6-16)17-11-5-9(14)8(13)4-10(11)15-12(17)18/h4-5,7H,2-3,6H2,1H3,(H,15,18). The molecule has 1 aromatic carbocycles. The SMILES string of the molecule is CN1CCC(n2c(=S)[nH]c3cc(Br)c(F)cc32)C1. The molecule has 0 amide bonds. The molecule has 1 unspecified atom stereocenters. The Labute approximate surface area is 118 Å². The van der Waals surface area contributed by atoms with Crippen molar-refractivity contribution in [2.75, 3.05) is 20.1 Å². The maximum Gasteiger partial charge on any atom is 0.178 e. The average molecular weight is 330 g/mol. The van der Waals surface area contributed by atoms with Crippen LogP contribution in [0.4, 0.5) is 4.39 Å². The summed E-state index contributed by atoms with van der Waals surface area (Å²) in [4.78, 5) is 5.41. The van der Waals surface area contributed by atoms with E-state index in [4.69, 9.17) is 12.2 Å². The van der Waals surface area contributed by atoms with Crippen molar-refractivity contribution in [3.05, 3.63) is 27.2 Å². The second kappa shape index (κ2) is 4.43. The number of aromatic nitrogens is 2. The number of benzene rings is 1. The molecular weight excluding hydrogens is 317 g/mol. The van der Waals surface area contributed by atoms with Crippen molar-refractivity contribution in [3.63, 3.8) is 0 Å². The van der Waals surface area contributed by atoms with Gasteiger partial charge in [0.2, 0.25) is 0 Å². The van der Waals surface area contributed by atoms with Crippen molar-refractivity contribution in [2.24, 2.45) is 0 Å². The molecule has 0 saturated carbocycles. The van der Waals surface area contributed by atoms with Gasteiger partial charge in [0.25, 0.3) is 0 Å². The van der Waals surface area contributed by atoms with Gasteiger partial charge < -0.3 is 14.5 Å². The van der Waals surface area contributed by atoms with Crippen molar-refractivity contribution in [1.29, 1.82) is 0 Å². The Bertz CT molecular complexity index is 663. The molecule has 1 aliphatic rings. The smallest absolute Gasteiger partial charge is 0.178 e. The summed E-state index contributed by atoms with van der Waals surface area (Å²) in [7, 11) is 2.09. The quantitative estimate of drug-likeness (QED) is 0.810. The van der Waals surface area contributed by atoms with E-state index in [-0.39, 0.29) is 5.82 Å². The van der Waals surface area contributed by atoms with E-state index in [9.17, 15) is 4.39 Å². The van der Waals surface area contributed by atoms with E-state index < -0.39 is 0 Å². The Morgan fingerprint density at radius 3 is 2.94 bits per heavy atom. The molecule has 6 heteroatoms. The minimum absolute atomic E-state index is 0.253. The van der Waals surface area contributed by atoms with Crippen LogP contribution >= 0.6 is 28.1 Å². The lowest BCUT2D eigenvalue weighted by Gasteiger charge is -2.13. The fraction of sp³-hybridized carbons (Fsp3) is 0.417. The van der Waals surface area contributed by atoms with E-state index in [0.717, 1.165) is 30.5 Å². The van der Waals surface area contributed by atoms with Gasteiger partial charge in [0, 0.05) is 12.6 Å². The van der Waals surface area contributed by atoms with Crippen LogP contribution in [0.2, 0.25) is 0 Å². The second-order valence-electron chi connectivity index (χ2n) is 4.79. The third kappa shape index (κ3) is 1.92. The molecule has 2 aromatic rings. The molecule has 3 rings (SSSR count). The van der Waals surface area contributed by atoms with Crippen molar-refractivity contribution in [2.45, 2.75) is 12.5 Å². The largest absolute Gasteiger partial charge is 0.331 e. The molecule has 0 aliphatic carbocycles. The molecule has 0 bridgehead atoms. The lowest BCUT2D eigenvalue weighted by Crippen LogP contribution is -2.16. The van der Waals surface area contributed by atoms with Gasteiger partial charge >= 0.3 is 0 Å². The highest BCUT2D eigenvalue weighted by Gasteiger charge is 2.23. The number of rotatable bonds is 1. The van der Waals surface area contributed by atoms with Crippen molar-refractivity contribution in [3.8, 4) is 0 Å². The fourth-order valence-electron chi connectivity index (χ4n) is 2.61. The van der Waals surface area contributed by atoms with Gasteiger partial charge in [-0.25, -0.2) is 4.39 Å². The number of H-pyrrole nitrogens is 1. The predicted molar refractivity (Wildman–Crippen MR) is 75.9 cm³/mol. The molecule has 96 valence electrons. The minimum atomic E-state index is -0.253. The van der Waals surface area contributed by atoms with Crippen LogP contribution in [0.3, 0.4) is 0 Å². The van der Waals surface area contributed by atoms with E-state index in [1.165, 1.54) is 0 Å². The number of fused-ring (bicyclic) bond motifs is 1. The average Bonchev–Trinajstić information content (AvgIpc) is 2.83. The maximum absolute atomic E-state index is 13.7. The number of halogens is 2. The molecule has 3 nitrogen and oxygen atoms in total. The summed E-state index contributed by atoms with van der Waals surface area (Å²) < 4.78 is 16.9. The van der Waals surface area contributed by atoms with Gasteiger partial charge in [0.05, 0.1) is 21.5 Å². The first-order chi connectivity index (χ1) is 8.56. The van der Waals surface area contributed by atoms with Crippen molar-refractivity contribution < 1.29 is 4.39 Å². The first kappa shape index (κ1) is 12.3. The van der Waals surface area contributed by atoms with Crippen LogP contribution in [0.25, 0.3) is 11.0 Å². The Hall–Kier alpha value is -0.720. The van der Waals surface area contributed by atoms with E-state index in [1.54, 1.807) is 12.1 Å². The Morgan fingerprint density at radius 1 is 1.50 bits per heavy atom. The van der Waals surface area contributed by atoms with Gasteiger partial charge in [-0.1, -0.05) is 0 Å². The van der Waals surface area contributed by atoms with Crippen LogP contribution < -0.4 is 0 Å². The summed E-state index contributed by atoms with van der Waals surface area (Å²) in [5.41, 5.74) is 1.73. The summed E-state index contributed by atoms with van der Waals surface area (Å²) in [6.07, 6.45) is 1.05. The number of hydrogen-bond donors (Lipinski definition) is 1. The highest BCUT2D eigenvalue weighted by molar-refractivity contribution is 9.10. The molecule has 0 radical (unpaired) electrons.